The SMILES string of the molecule is CC.CC1CSCC(C(C)C)C1. The molecule has 0 spiro atoms. The van der Waals surface area contributed by atoms with E-state index < -0.39 is 0 Å². The van der Waals surface area contributed by atoms with Crippen LogP contribution in [-0.2, 0) is 0 Å². The van der Waals surface area contributed by atoms with E-state index in [0.29, 0.717) is 0 Å². The summed E-state index contributed by atoms with van der Waals surface area (Å²) < 4.78 is 0. The summed E-state index contributed by atoms with van der Waals surface area (Å²) in [6, 6.07) is 0. The minimum atomic E-state index is 0.898. The van der Waals surface area contributed by atoms with E-state index in [2.05, 4.69) is 32.5 Å². The Labute approximate surface area is 82.5 Å². The molecule has 0 amide bonds. The van der Waals surface area contributed by atoms with Crippen molar-refractivity contribution in [2.75, 3.05) is 11.5 Å². The molecule has 0 saturated carbocycles. The van der Waals surface area contributed by atoms with Crippen molar-refractivity contribution in [2.45, 2.75) is 41.0 Å². The summed E-state index contributed by atoms with van der Waals surface area (Å²) in [4.78, 5) is 0. The molecule has 74 valence electrons. The highest BCUT2D eigenvalue weighted by Gasteiger charge is 2.21. The molecule has 0 aromatic heterocycles. The molecule has 0 aromatic rings. The van der Waals surface area contributed by atoms with E-state index in [1.165, 1.54) is 17.9 Å². The maximum atomic E-state index is 2.38. The Morgan fingerprint density at radius 1 is 1.17 bits per heavy atom. The number of hydrogen-bond acceptors (Lipinski definition) is 1. The van der Waals surface area contributed by atoms with E-state index in [-0.39, 0.29) is 0 Å². The van der Waals surface area contributed by atoms with Gasteiger partial charge in [0.2, 0.25) is 0 Å². The third kappa shape index (κ3) is 4.39. The molecule has 1 heteroatoms. The third-order valence-electron chi connectivity index (χ3n) is 2.38. The molecule has 1 saturated heterocycles. The van der Waals surface area contributed by atoms with Crippen molar-refractivity contribution in [1.29, 1.82) is 0 Å². The van der Waals surface area contributed by atoms with Crippen LogP contribution in [0.1, 0.15) is 41.0 Å². The van der Waals surface area contributed by atoms with Crippen molar-refractivity contribution >= 4 is 11.8 Å². The molecule has 1 heterocycles. The van der Waals surface area contributed by atoms with E-state index in [0.717, 1.165) is 17.8 Å². The second kappa shape index (κ2) is 6.82. The maximum Gasteiger partial charge on any atom is -0.00365 e. The zero-order valence-electron chi connectivity index (χ0n) is 9.26. The Bertz CT molecular complexity index is 99.2. The first-order valence-corrected chi connectivity index (χ1v) is 6.43. The Kier molecular flexibility index (Phi) is 7.02. The van der Waals surface area contributed by atoms with Crippen molar-refractivity contribution in [1.82, 2.24) is 0 Å². The van der Waals surface area contributed by atoms with Crippen molar-refractivity contribution in [2.24, 2.45) is 17.8 Å². The highest BCUT2D eigenvalue weighted by Crippen LogP contribution is 2.31. The first-order valence-electron chi connectivity index (χ1n) is 5.28. The summed E-state index contributed by atoms with van der Waals surface area (Å²) in [5, 5.41) is 0. The van der Waals surface area contributed by atoms with Crippen LogP contribution >= 0.6 is 11.8 Å². The van der Waals surface area contributed by atoms with Crippen LogP contribution in [0.15, 0.2) is 0 Å². The monoisotopic (exact) mass is 188 g/mol. The average molecular weight is 188 g/mol. The lowest BCUT2D eigenvalue weighted by atomic mass is 9.89. The molecule has 12 heavy (non-hydrogen) atoms. The van der Waals surface area contributed by atoms with Gasteiger partial charge in [-0.05, 0) is 35.7 Å². The van der Waals surface area contributed by atoms with Crippen LogP contribution in [-0.4, -0.2) is 11.5 Å². The van der Waals surface area contributed by atoms with Gasteiger partial charge in [0, 0.05) is 0 Å². The molecule has 0 radical (unpaired) electrons. The Morgan fingerprint density at radius 3 is 2.08 bits per heavy atom. The van der Waals surface area contributed by atoms with Crippen LogP contribution in [0.25, 0.3) is 0 Å². The maximum absolute atomic E-state index is 2.38. The molecule has 2 unspecified atom stereocenters. The zero-order chi connectivity index (χ0) is 9.56. The van der Waals surface area contributed by atoms with Crippen LogP contribution < -0.4 is 0 Å². The molecule has 1 rings (SSSR count). The van der Waals surface area contributed by atoms with E-state index >= 15 is 0 Å². The summed E-state index contributed by atoms with van der Waals surface area (Å²) >= 11 is 2.14. The first-order chi connectivity index (χ1) is 5.70. The largest absolute Gasteiger partial charge is 0.161 e. The molecule has 0 N–H and O–H groups in total. The fourth-order valence-electron chi connectivity index (χ4n) is 1.54. The van der Waals surface area contributed by atoms with Gasteiger partial charge in [-0.2, -0.15) is 11.8 Å². The molecule has 0 aromatic carbocycles. The lowest BCUT2D eigenvalue weighted by molar-refractivity contribution is 0.342. The van der Waals surface area contributed by atoms with Gasteiger partial charge in [0.25, 0.3) is 0 Å². The number of rotatable bonds is 1. The van der Waals surface area contributed by atoms with Gasteiger partial charge >= 0.3 is 0 Å². The van der Waals surface area contributed by atoms with Gasteiger partial charge in [-0.3, -0.25) is 0 Å². The summed E-state index contributed by atoms with van der Waals surface area (Å²) in [6.07, 6.45) is 1.46. The zero-order valence-corrected chi connectivity index (χ0v) is 10.1. The molecule has 1 fully saturated rings. The summed E-state index contributed by atoms with van der Waals surface area (Å²) in [5.74, 6) is 5.65. The van der Waals surface area contributed by atoms with Crippen molar-refractivity contribution in [3.8, 4) is 0 Å². The molecular formula is C11H24S. The second-order valence-electron chi connectivity index (χ2n) is 3.88. The van der Waals surface area contributed by atoms with Gasteiger partial charge in [0.15, 0.2) is 0 Å². The van der Waals surface area contributed by atoms with Gasteiger partial charge in [-0.15, -0.1) is 0 Å². The summed E-state index contributed by atoms with van der Waals surface area (Å²) in [6.45, 7) is 11.1. The quantitative estimate of drug-likeness (QED) is 0.598. The highest BCUT2D eigenvalue weighted by atomic mass is 32.2. The van der Waals surface area contributed by atoms with Crippen LogP contribution in [0.5, 0.6) is 0 Å². The van der Waals surface area contributed by atoms with Gasteiger partial charge in [-0.25, -0.2) is 0 Å². The normalized spacial score (nSPS) is 29.5. The lowest BCUT2D eigenvalue weighted by Gasteiger charge is -2.28. The van der Waals surface area contributed by atoms with E-state index in [9.17, 15) is 0 Å². The van der Waals surface area contributed by atoms with Crippen molar-refractivity contribution in [3.05, 3.63) is 0 Å². The van der Waals surface area contributed by atoms with Gasteiger partial charge < -0.3 is 0 Å². The fourth-order valence-corrected chi connectivity index (χ4v) is 3.04. The second-order valence-corrected chi connectivity index (χ2v) is 4.96. The highest BCUT2D eigenvalue weighted by molar-refractivity contribution is 7.99. The topological polar surface area (TPSA) is 0 Å². The van der Waals surface area contributed by atoms with Gasteiger partial charge in [0.05, 0.1) is 0 Å². The van der Waals surface area contributed by atoms with E-state index in [1.807, 2.05) is 13.8 Å². The molecule has 1 aliphatic rings. The Balaban J connectivity index is 0.000000561. The van der Waals surface area contributed by atoms with Gasteiger partial charge in [0.1, 0.15) is 0 Å². The third-order valence-corrected chi connectivity index (χ3v) is 3.85. The average Bonchev–Trinajstić information content (AvgIpc) is 2.08. The smallest absolute Gasteiger partial charge is 0.00365 e. The first kappa shape index (κ1) is 12.3. The molecule has 0 nitrogen and oxygen atoms in total. The van der Waals surface area contributed by atoms with Crippen molar-refractivity contribution in [3.63, 3.8) is 0 Å². The number of thioether (sulfide) groups is 1. The van der Waals surface area contributed by atoms with Gasteiger partial charge in [-0.1, -0.05) is 34.6 Å². The van der Waals surface area contributed by atoms with Crippen LogP contribution in [0.2, 0.25) is 0 Å². The molecular weight excluding hydrogens is 164 g/mol. The fraction of sp³-hybridized carbons (Fsp3) is 1.00. The molecule has 0 bridgehead atoms. The Morgan fingerprint density at radius 2 is 1.75 bits per heavy atom. The standard InChI is InChI=1S/C9H18S.C2H6/c1-7(2)9-4-8(3)5-10-6-9;1-2/h7-9H,4-6H2,1-3H3;1-2H3. The predicted octanol–water partition coefficient (Wildman–Crippen LogP) is 4.06. The minimum absolute atomic E-state index is 0.898. The Hall–Kier alpha value is 0.350. The number of hydrogen-bond donors (Lipinski definition) is 0. The molecule has 0 aliphatic carbocycles. The van der Waals surface area contributed by atoms with Crippen molar-refractivity contribution < 1.29 is 0 Å². The van der Waals surface area contributed by atoms with E-state index in [1.54, 1.807) is 0 Å². The summed E-state index contributed by atoms with van der Waals surface area (Å²) in [7, 11) is 0. The van der Waals surface area contributed by atoms with E-state index in [4.69, 9.17) is 0 Å². The minimum Gasteiger partial charge on any atom is -0.161 e. The summed E-state index contributed by atoms with van der Waals surface area (Å²) in [5.41, 5.74) is 0. The molecule has 2 atom stereocenters. The lowest BCUT2D eigenvalue weighted by Crippen LogP contribution is -2.21. The van der Waals surface area contributed by atoms with Crippen LogP contribution in [0.3, 0.4) is 0 Å². The van der Waals surface area contributed by atoms with Crippen LogP contribution in [0, 0.1) is 17.8 Å². The predicted molar refractivity (Wildman–Crippen MR) is 60.8 cm³/mol. The van der Waals surface area contributed by atoms with Crippen LogP contribution in [0.4, 0.5) is 0 Å². The molecule has 1 aliphatic heterocycles.